The van der Waals surface area contributed by atoms with Gasteiger partial charge in [0, 0.05) is 15.7 Å². The fraction of sp³-hybridized carbons (Fsp3) is 0.0833. The van der Waals surface area contributed by atoms with E-state index in [0.717, 1.165) is 0 Å². The van der Waals surface area contributed by atoms with Crippen molar-refractivity contribution < 1.29 is 23.8 Å². The molecule has 3 aromatic rings. The standard InChI is InChI=1S/C24H15Cl3FNO4/c1-33-23-17(10-14(26)11-18(23)27)21(30)19-20(12-5-7-15(28)8-6-12)29(24(32)22(19)31)16-4-2-3-13(25)9-16/h2-11,20,30H,1H3/b21-19+. The minimum Gasteiger partial charge on any atom is -0.507 e. The summed E-state index contributed by atoms with van der Waals surface area (Å²) in [6, 6.07) is 13.3. The van der Waals surface area contributed by atoms with E-state index < -0.39 is 29.3 Å². The van der Waals surface area contributed by atoms with E-state index in [-0.39, 0.29) is 26.9 Å². The van der Waals surface area contributed by atoms with Gasteiger partial charge in [-0.2, -0.15) is 0 Å². The minimum atomic E-state index is -1.08. The first-order valence-electron chi connectivity index (χ1n) is 9.58. The van der Waals surface area contributed by atoms with Crippen LogP contribution in [0.1, 0.15) is 17.2 Å². The van der Waals surface area contributed by atoms with Crippen LogP contribution in [-0.4, -0.2) is 23.9 Å². The zero-order valence-corrected chi connectivity index (χ0v) is 19.2. The molecule has 1 aliphatic heterocycles. The zero-order chi connectivity index (χ0) is 23.9. The molecule has 1 unspecified atom stereocenters. The summed E-state index contributed by atoms with van der Waals surface area (Å²) in [4.78, 5) is 27.5. The molecule has 1 N–H and O–H groups in total. The van der Waals surface area contributed by atoms with Crippen molar-refractivity contribution in [2.45, 2.75) is 6.04 Å². The summed E-state index contributed by atoms with van der Waals surface area (Å²) in [5.41, 5.74) is 0.521. The lowest BCUT2D eigenvalue weighted by Crippen LogP contribution is -2.29. The topological polar surface area (TPSA) is 66.8 Å². The van der Waals surface area contributed by atoms with E-state index in [1.165, 1.54) is 54.5 Å². The fourth-order valence-corrected chi connectivity index (χ4v) is 4.53. The van der Waals surface area contributed by atoms with Crippen LogP contribution in [-0.2, 0) is 9.59 Å². The molecule has 1 aliphatic rings. The van der Waals surface area contributed by atoms with Gasteiger partial charge in [0.05, 0.1) is 29.3 Å². The lowest BCUT2D eigenvalue weighted by atomic mass is 9.94. The van der Waals surface area contributed by atoms with Crippen molar-refractivity contribution in [3.05, 3.63) is 98.2 Å². The van der Waals surface area contributed by atoms with Crippen LogP contribution in [0.2, 0.25) is 15.1 Å². The van der Waals surface area contributed by atoms with Crippen LogP contribution in [0.3, 0.4) is 0 Å². The number of ketones is 1. The van der Waals surface area contributed by atoms with Gasteiger partial charge in [-0.05, 0) is 48.0 Å². The van der Waals surface area contributed by atoms with Gasteiger partial charge in [0.15, 0.2) is 0 Å². The van der Waals surface area contributed by atoms with Crippen molar-refractivity contribution in [3.8, 4) is 5.75 Å². The van der Waals surface area contributed by atoms with Crippen LogP contribution in [0.15, 0.2) is 66.2 Å². The maximum absolute atomic E-state index is 13.6. The summed E-state index contributed by atoms with van der Waals surface area (Å²) >= 11 is 18.4. The Morgan fingerprint density at radius 3 is 2.33 bits per heavy atom. The van der Waals surface area contributed by atoms with Crippen LogP contribution < -0.4 is 9.64 Å². The highest BCUT2D eigenvalue weighted by Crippen LogP contribution is 2.45. The number of Topliss-reactive ketones (excluding diaryl/α,β-unsaturated/α-hetero) is 1. The van der Waals surface area contributed by atoms with Gasteiger partial charge >= 0.3 is 0 Å². The Balaban J connectivity index is 2.01. The summed E-state index contributed by atoms with van der Waals surface area (Å²) in [6.07, 6.45) is 0. The summed E-state index contributed by atoms with van der Waals surface area (Å²) in [5.74, 6) is -2.79. The maximum Gasteiger partial charge on any atom is 0.300 e. The number of rotatable bonds is 4. The number of hydrogen-bond acceptors (Lipinski definition) is 4. The molecule has 1 heterocycles. The van der Waals surface area contributed by atoms with Crippen molar-refractivity contribution in [3.63, 3.8) is 0 Å². The quantitative estimate of drug-likeness (QED) is 0.252. The Morgan fingerprint density at radius 2 is 1.70 bits per heavy atom. The highest BCUT2D eigenvalue weighted by Gasteiger charge is 2.47. The Labute approximate surface area is 203 Å². The third-order valence-corrected chi connectivity index (χ3v) is 5.92. The van der Waals surface area contributed by atoms with Gasteiger partial charge in [-0.15, -0.1) is 0 Å². The molecule has 1 amide bonds. The summed E-state index contributed by atoms with van der Waals surface area (Å²) < 4.78 is 18.9. The van der Waals surface area contributed by atoms with E-state index in [0.29, 0.717) is 16.3 Å². The monoisotopic (exact) mass is 505 g/mol. The minimum absolute atomic E-state index is 0.0335. The number of aliphatic hydroxyl groups is 1. The van der Waals surface area contributed by atoms with Crippen LogP contribution in [0.5, 0.6) is 5.75 Å². The number of ether oxygens (including phenoxy) is 1. The molecule has 0 bridgehead atoms. The van der Waals surface area contributed by atoms with E-state index >= 15 is 0 Å². The number of halogens is 4. The van der Waals surface area contributed by atoms with Crippen LogP contribution in [0.4, 0.5) is 10.1 Å². The third-order valence-electron chi connectivity index (χ3n) is 5.18. The van der Waals surface area contributed by atoms with E-state index in [1.54, 1.807) is 18.2 Å². The van der Waals surface area contributed by atoms with Crippen molar-refractivity contribution in [1.82, 2.24) is 0 Å². The van der Waals surface area contributed by atoms with Gasteiger partial charge in [-0.3, -0.25) is 14.5 Å². The third kappa shape index (κ3) is 4.17. The molecule has 1 fully saturated rings. The Hall–Kier alpha value is -3.06. The number of amides is 1. The Morgan fingerprint density at radius 1 is 1.00 bits per heavy atom. The van der Waals surface area contributed by atoms with E-state index in [1.807, 2.05) is 0 Å². The molecule has 0 saturated carbocycles. The van der Waals surface area contributed by atoms with Gasteiger partial charge in [0.1, 0.15) is 17.3 Å². The van der Waals surface area contributed by atoms with Crippen LogP contribution in [0, 0.1) is 5.82 Å². The fourth-order valence-electron chi connectivity index (χ4n) is 3.77. The lowest BCUT2D eigenvalue weighted by molar-refractivity contribution is -0.132. The molecular weight excluding hydrogens is 492 g/mol. The second-order valence-corrected chi connectivity index (χ2v) is 8.45. The number of carbonyl (C=O) groups excluding carboxylic acids is 2. The number of benzene rings is 3. The highest BCUT2D eigenvalue weighted by atomic mass is 35.5. The molecule has 5 nitrogen and oxygen atoms in total. The molecule has 168 valence electrons. The average molecular weight is 507 g/mol. The maximum atomic E-state index is 13.6. The van der Waals surface area contributed by atoms with Gasteiger partial charge in [0.25, 0.3) is 11.7 Å². The average Bonchev–Trinajstić information content (AvgIpc) is 3.04. The normalized spacial score (nSPS) is 17.5. The number of hydrogen-bond donors (Lipinski definition) is 1. The molecule has 0 aromatic heterocycles. The van der Waals surface area contributed by atoms with E-state index in [9.17, 15) is 19.1 Å². The summed E-state index contributed by atoms with van der Waals surface area (Å²) in [7, 11) is 1.34. The highest BCUT2D eigenvalue weighted by molar-refractivity contribution is 6.52. The van der Waals surface area contributed by atoms with Crippen molar-refractivity contribution >= 4 is 57.9 Å². The predicted octanol–water partition coefficient (Wildman–Crippen LogP) is 6.42. The molecule has 0 radical (unpaired) electrons. The molecule has 1 atom stereocenters. The second-order valence-electron chi connectivity index (χ2n) is 7.17. The molecule has 1 saturated heterocycles. The SMILES string of the molecule is COc1c(Cl)cc(Cl)cc1/C(O)=C1\C(=O)C(=O)N(c2cccc(Cl)c2)C1c1ccc(F)cc1. The second kappa shape index (κ2) is 9.06. The smallest absolute Gasteiger partial charge is 0.300 e. The number of methoxy groups -OCH3 is 1. The number of nitrogens with zero attached hydrogens (tertiary/aromatic N) is 1. The van der Waals surface area contributed by atoms with Crippen molar-refractivity contribution in [1.29, 1.82) is 0 Å². The number of carbonyl (C=O) groups is 2. The molecule has 0 spiro atoms. The Kier molecular flexibility index (Phi) is 6.34. The molecule has 3 aromatic carbocycles. The number of anilines is 1. The molecule has 9 heteroatoms. The van der Waals surface area contributed by atoms with Gasteiger partial charge in [0.2, 0.25) is 0 Å². The number of aliphatic hydroxyl groups excluding tert-OH is 1. The first-order chi connectivity index (χ1) is 15.7. The summed E-state index contributed by atoms with van der Waals surface area (Å²) in [5, 5.41) is 11.9. The molecular formula is C24H15Cl3FNO4. The summed E-state index contributed by atoms with van der Waals surface area (Å²) in [6.45, 7) is 0. The van der Waals surface area contributed by atoms with Gasteiger partial charge < -0.3 is 9.84 Å². The van der Waals surface area contributed by atoms with Crippen molar-refractivity contribution in [2.24, 2.45) is 0 Å². The zero-order valence-electron chi connectivity index (χ0n) is 17.0. The van der Waals surface area contributed by atoms with Crippen LogP contribution >= 0.6 is 34.8 Å². The molecule has 0 aliphatic carbocycles. The first kappa shape index (κ1) is 23.1. The predicted molar refractivity (Wildman–Crippen MR) is 126 cm³/mol. The molecule has 4 rings (SSSR count). The van der Waals surface area contributed by atoms with E-state index in [2.05, 4.69) is 0 Å². The molecule has 33 heavy (non-hydrogen) atoms. The van der Waals surface area contributed by atoms with E-state index in [4.69, 9.17) is 39.5 Å². The van der Waals surface area contributed by atoms with Crippen molar-refractivity contribution in [2.75, 3.05) is 12.0 Å². The Bertz CT molecular complexity index is 1310. The lowest BCUT2D eigenvalue weighted by Gasteiger charge is -2.25. The van der Waals surface area contributed by atoms with Gasteiger partial charge in [-0.25, -0.2) is 4.39 Å². The van der Waals surface area contributed by atoms with Crippen LogP contribution in [0.25, 0.3) is 5.76 Å². The largest absolute Gasteiger partial charge is 0.507 e. The van der Waals surface area contributed by atoms with Gasteiger partial charge in [-0.1, -0.05) is 53.0 Å². The first-order valence-corrected chi connectivity index (χ1v) is 10.7.